The molecule has 0 aromatic heterocycles. The molecule has 5 nitrogen and oxygen atoms in total. The molecule has 1 aromatic rings. The zero-order valence-electron chi connectivity index (χ0n) is 14.0. The molecule has 1 fully saturated rings. The number of rotatable bonds is 4. The predicted molar refractivity (Wildman–Crippen MR) is 86.3 cm³/mol. The number of likely N-dealkylation sites (tertiary alicyclic amines) is 1. The number of likely N-dealkylation sites (N-methyl/N-ethyl adjacent to an activating group) is 1. The van der Waals surface area contributed by atoms with Gasteiger partial charge in [0.1, 0.15) is 5.75 Å². The Bertz CT molecular complexity index is 573. The number of hydrogen-bond donors (Lipinski definition) is 0. The van der Waals surface area contributed by atoms with Crippen LogP contribution in [-0.2, 0) is 4.79 Å². The Morgan fingerprint density at radius 1 is 1.32 bits per heavy atom. The van der Waals surface area contributed by atoms with Crippen molar-refractivity contribution in [1.82, 2.24) is 4.90 Å². The standard InChI is InChI=1S/C17H24N2O3/c1-11-8-14(13-6-7-19(5)10-13)9-12(2)15(11)22-17(3,4)16(20)18-21/h8-9,13H,6-7,10H2,1-5H3/t13-/m0/s1. The van der Waals surface area contributed by atoms with Gasteiger partial charge in [0.05, 0.1) is 0 Å². The molecule has 5 heteroatoms. The Labute approximate surface area is 131 Å². The molecule has 1 aliphatic heterocycles. The molecule has 1 heterocycles. The Morgan fingerprint density at radius 2 is 1.91 bits per heavy atom. The summed E-state index contributed by atoms with van der Waals surface area (Å²) in [5, 5.41) is 2.49. The first-order valence-corrected chi connectivity index (χ1v) is 7.61. The van der Waals surface area contributed by atoms with Crippen LogP contribution in [-0.4, -0.2) is 36.5 Å². The molecular formula is C17H24N2O3. The van der Waals surface area contributed by atoms with E-state index in [0.717, 1.165) is 30.6 Å². The normalized spacial score (nSPS) is 19.2. The fourth-order valence-electron chi connectivity index (χ4n) is 3.00. The highest BCUT2D eigenvalue weighted by atomic mass is 16.5. The van der Waals surface area contributed by atoms with Gasteiger partial charge in [0.2, 0.25) is 0 Å². The van der Waals surface area contributed by atoms with Crippen molar-refractivity contribution in [3.05, 3.63) is 33.7 Å². The molecule has 0 aliphatic carbocycles. The monoisotopic (exact) mass is 304 g/mol. The first-order chi connectivity index (χ1) is 10.2. The summed E-state index contributed by atoms with van der Waals surface area (Å²) in [7, 11) is 2.14. The molecule has 22 heavy (non-hydrogen) atoms. The van der Waals surface area contributed by atoms with E-state index < -0.39 is 11.5 Å². The van der Waals surface area contributed by atoms with Gasteiger partial charge in [-0.05, 0) is 70.3 Å². The summed E-state index contributed by atoms with van der Waals surface area (Å²) in [5.41, 5.74) is 2.03. The zero-order valence-corrected chi connectivity index (χ0v) is 14.0. The van der Waals surface area contributed by atoms with Crippen LogP contribution in [0.4, 0.5) is 0 Å². The van der Waals surface area contributed by atoms with Gasteiger partial charge in [0, 0.05) is 11.7 Å². The maximum Gasteiger partial charge on any atom is 0.328 e. The van der Waals surface area contributed by atoms with Crippen LogP contribution in [0.3, 0.4) is 0 Å². The van der Waals surface area contributed by atoms with Gasteiger partial charge in [-0.1, -0.05) is 12.1 Å². The molecule has 1 saturated heterocycles. The number of carbonyl (C=O) groups is 1. The average molecular weight is 304 g/mol. The number of hydrogen-bond acceptors (Lipinski definition) is 4. The highest BCUT2D eigenvalue weighted by molar-refractivity contribution is 5.85. The minimum atomic E-state index is -1.24. The summed E-state index contributed by atoms with van der Waals surface area (Å²) in [6.45, 7) is 9.26. The first-order valence-electron chi connectivity index (χ1n) is 7.61. The van der Waals surface area contributed by atoms with E-state index in [2.05, 4.69) is 29.3 Å². The van der Waals surface area contributed by atoms with E-state index >= 15 is 0 Å². The van der Waals surface area contributed by atoms with E-state index in [1.54, 1.807) is 13.8 Å². The Balaban J connectivity index is 2.27. The van der Waals surface area contributed by atoms with E-state index in [-0.39, 0.29) is 0 Å². The number of amides is 1. The van der Waals surface area contributed by atoms with E-state index in [9.17, 15) is 9.70 Å². The lowest BCUT2D eigenvalue weighted by Gasteiger charge is -2.25. The zero-order chi connectivity index (χ0) is 16.5. The number of nitroso groups, excluding NO2 is 1. The summed E-state index contributed by atoms with van der Waals surface area (Å²) >= 11 is 0. The third kappa shape index (κ3) is 3.35. The molecule has 0 N–H and O–H groups in total. The minimum absolute atomic E-state index is 0.544. The second-order valence-corrected chi connectivity index (χ2v) is 6.74. The fraction of sp³-hybridized carbons (Fsp3) is 0.588. The van der Waals surface area contributed by atoms with Crippen LogP contribution in [0.1, 0.15) is 42.9 Å². The molecule has 0 saturated carbocycles. The van der Waals surface area contributed by atoms with Crippen molar-refractivity contribution >= 4 is 5.91 Å². The Kier molecular flexibility index (Phi) is 4.66. The van der Waals surface area contributed by atoms with Crippen molar-refractivity contribution < 1.29 is 9.53 Å². The van der Waals surface area contributed by atoms with Crippen molar-refractivity contribution in [3.63, 3.8) is 0 Å². The van der Waals surface area contributed by atoms with Gasteiger partial charge in [0.15, 0.2) is 5.60 Å². The molecule has 1 aromatic carbocycles. The SMILES string of the molecule is Cc1cc([C@H]2CCN(C)C2)cc(C)c1OC(C)(C)C(=O)N=O. The largest absolute Gasteiger partial charge is 0.477 e. The first kappa shape index (κ1) is 16.6. The van der Waals surface area contributed by atoms with Crippen LogP contribution in [0.2, 0.25) is 0 Å². The van der Waals surface area contributed by atoms with Crippen molar-refractivity contribution in [2.24, 2.45) is 5.18 Å². The number of nitrogens with zero attached hydrogens (tertiary/aromatic N) is 2. The van der Waals surface area contributed by atoms with Crippen LogP contribution in [0.15, 0.2) is 17.3 Å². The molecule has 0 spiro atoms. The third-order valence-electron chi connectivity index (χ3n) is 4.30. The van der Waals surface area contributed by atoms with Crippen molar-refractivity contribution in [3.8, 4) is 5.75 Å². The van der Waals surface area contributed by atoms with Crippen LogP contribution in [0.5, 0.6) is 5.75 Å². The lowest BCUT2D eigenvalue weighted by Crippen LogP contribution is -2.37. The van der Waals surface area contributed by atoms with Gasteiger partial charge in [-0.3, -0.25) is 4.79 Å². The number of ether oxygens (including phenoxy) is 1. The maximum atomic E-state index is 11.6. The highest BCUT2D eigenvalue weighted by Crippen LogP contribution is 2.34. The minimum Gasteiger partial charge on any atom is -0.477 e. The molecule has 2 rings (SSSR count). The second-order valence-electron chi connectivity index (χ2n) is 6.74. The Hall–Kier alpha value is -1.75. The van der Waals surface area contributed by atoms with Crippen molar-refractivity contribution in [2.45, 2.75) is 45.6 Å². The van der Waals surface area contributed by atoms with Gasteiger partial charge < -0.3 is 9.64 Å². The van der Waals surface area contributed by atoms with Crippen LogP contribution in [0, 0.1) is 18.8 Å². The highest BCUT2D eigenvalue weighted by Gasteiger charge is 2.32. The van der Waals surface area contributed by atoms with Gasteiger partial charge in [0.25, 0.3) is 0 Å². The summed E-state index contributed by atoms with van der Waals surface area (Å²) in [6, 6.07) is 4.25. The lowest BCUT2D eigenvalue weighted by atomic mass is 9.94. The summed E-state index contributed by atoms with van der Waals surface area (Å²) in [4.78, 5) is 24.4. The molecule has 120 valence electrons. The van der Waals surface area contributed by atoms with E-state index in [1.807, 2.05) is 13.8 Å². The molecule has 0 unspecified atom stereocenters. The molecule has 1 amide bonds. The summed E-state index contributed by atoms with van der Waals surface area (Å²) in [5.74, 6) is 0.410. The van der Waals surface area contributed by atoms with Crippen molar-refractivity contribution in [2.75, 3.05) is 20.1 Å². The number of benzene rings is 1. The number of carbonyl (C=O) groups excluding carboxylic acids is 1. The quantitative estimate of drug-likeness (QED) is 0.802. The van der Waals surface area contributed by atoms with Gasteiger partial charge in [-0.15, -0.1) is 4.91 Å². The maximum absolute atomic E-state index is 11.6. The van der Waals surface area contributed by atoms with Gasteiger partial charge >= 0.3 is 5.91 Å². The summed E-state index contributed by atoms with van der Waals surface area (Å²) in [6.07, 6.45) is 1.16. The lowest BCUT2D eigenvalue weighted by molar-refractivity contribution is -0.130. The molecule has 1 atom stereocenters. The molecule has 1 aliphatic rings. The average Bonchev–Trinajstić information content (AvgIpc) is 2.88. The van der Waals surface area contributed by atoms with E-state index in [1.165, 1.54) is 5.56 Å². The Morgan fingerprint density at radius 3 is 2.36 bits per heavy atom. The van der Waals surface area contributed by atoms with Crippen LogP contribution < -0.4 is 4.74 Å². The molecule has 0 radical (unpaired) electrons. The molecular weight excluding hydrogens is 280 g/mol. The summed E-state index contributed by atoms with van der Waals surface area (Å²) < 4.78 is 5.80. The van der Waals surface area contributed by atoms with E-state index in [0.29, 0.717) is 11.7 Å². The number of aryl methyl sites for hydroxylation is 2. The predicted octanol–water partition coefficient (Wildman–Crippen LogP) is 3.17. The molecule has 0 bridgehead atoms. The van der Waals surface area contributed by atoms with Crippen LogP contribution in [0.25, 0.3) is 0 Å². The van der Waals surface area contributed by atoms with Crippen molar-refractivity contribution in [1.29, 1.82) is 0 Å². The van der Waals surface area contributed by atoms with E-state index in [4.69, 9.17) is 4.74 Å². The smallest absolute Gasteiger partial charge is 0.328 e. The third-order valence-corrected chi connectivity index (χ3v) is 4.30. The van der Waals surface area contributed by atoms with Crippen LogP contribution >= 0.6 is 0 Å². The topological polar surface area (TPSA) is 59.0 Å². The van der Waals surface area contributed by atoms with Gasteiger partial charge in [-0.2, -0.15) is 0 Å². The second kappa shape index (κ2) is 6.16. The van der Waals surface area contributed by atoms with Gasteiger partial charge in [-0.25, -0.2) is 0 Å². The fourth-order valence-corrected chi connectivity index (χ4v) is 3.00.